The van der Waals surface area contributed by atoms with Gasteiger partial charge in [0.15, 0.2) is 5.71 Å². The maximum Gasteiger partial charge on any atom is 0.294 e. The molecule has 2 aliphatic rings. The largest absolute Gasteiger partial charge is 0.353 e. The highest BCUT2D eigenvalue weighted by atomic mass is 79.9. The molecule has 2 heterocycles. The van der Waals surface area contributed by atoms with Crippen molar-refractivity contribution in [1.82, 2.24) is 4.98 Å². The Morgan fingerprint density at radius 2 is 1.91 bits per heavy atom. The topological polar surface area (TPSA) is 113 Å². The van der Waals surface area contributed by atoms with Crippen LogP contribution in [0.15, 0.2) is 45.0 Å². The summed E-state index contributed by atoms with van der Waals surface area (Å²) in [6.45, 7) is 6.59. The number of nitro groups is 1. The molecule has 2 N–H and O–H groups in total. The monoisotopic (exact) mass is 507 g/mol. The molecular formula is C24H22BrN5O3. The third kappa shape index (κ3) is 3.66. The molecule has 0 bridgehead atoms. The number of halogens is 1. The van der Waals surface area contributed by atoms with Gasteiger partial charge in [-0.05, 0) is 54.0 Å². The summed E-state index contributed by atoms with van der Waals surface area (Å²) >= 11 is 3.28. The quantitative estimate of drug-likeness (QED) is 0.346. The number of hydrogen-bond donors (Lipinski definition) is 2. The van der Waals surface area contributed by atoms with Crippen LogP contribution in [-0.4, -0.2) is 27.2 Å². The number of anilines is 1. The van der Waals surface area contributed by atoms with Gasteiger partial charge in [0.2, 0.25) is 0 Å². The number of hydrogen-bond acceptors (Lipinski definition) is 5. The molecule has 5 rings (SSSR count). The predicted molar refractivity (Wildman–Crippen MR) is 132 cm³/mol. The summed E-state index contributed by atoms with van der Waals surface area (Å²) in [4.78, 5) is 26.9. The van der Waals surface area contributed by atoms with Crippen LogP contribution >= 0.6 is 15.9 Å². The van der Waals surface area contributed by atoms with Gasteiger partial charge in [0.05, 0.1) is 16.3 Å². The molecule has 0 spiro atoms. The van der Waals surface area contributed by atoms with E-state index in [4.69, 9.17) is 0 Å². The van der Waals surface area contributed by atoms with Crippen molar-refractivity contribution in [3.63, 3.8) is 0 Å². The van der Waals surface area contributed by atoms with Crippen molar-refractivity contribution in [2.24, 2.45) is 10.2 Å². The number of aromatic nitrogens is 1. The summed E-state index contributed by atoms with van der Waals surface area (Å²) in [5.74, 6) is -0.502. The second-order valence-electron chi connectivity index (χ2n) is 9.40. The second kappa shape index (κ2) is 7.62. The van der Waals surface area contributed by atoms with Gasteiger partial charge < -0.3 is 10.3 Å². The van der Waals surface area contributed by atoms with Crippen molar-refractivity contribution in [1.29, 1.82) is 0 Å². The van der Waals surface area contributed by atoms with E-state index in [-0.39, 0.29) is 22.5 Å². The molecule has 0 atom stereocenters. The van der Waals surface area contributed by atoms with Crippen LogP contribution in [0.4, 0.5) is 11.4 Å². The van der Waals surface area contributed by atoms with Gasteiger partial charge in [-0.25, -0.2) is 0 Å². The lowest BCUT2D eigenvalue weighted by Crippen LogP contribution is -2.15. The Morgan fingerprint density at radius 3 is 2.64 bits per heavy atom. The van der Waals surface area contributed by atoms with Gasteiger partial charge in [0.25, 0.3) is 11.6 Å². The first kappa shape index (κ1) is 21.5. The summed E-state index contributed by atoms with van der Waals surface area (Å²) < 4.78 is 0.495. The zero-order valence-electron chi connectivity index (χ0n) is 18.5. The zero-order valence-corrected chi connectivity index (χ0v) is 20.0. The molecule has 3 aromatic rings. The standard InChI is InChI=1S/C24H22BrN5O3/c1-24(2,3)12-7-8-17-15(9-12)14-5-4-6-18(20(14)26-17)28-29-22-16-10-13(25)11-19(30(32)33)21(16)27-23(22)31/h7-11,26H,4-6H2,1-3H3,(H,27,29,31). The fraction of sp³-hybridized carbons (Fsp3) is 0.292. The molecule has 0 radical (unpaired) electrons. The van der Waals surface area contributed by atoms with Crippen LogP contribution < -0.4 is 5.32 Å². The predicted octanol–water partition coefficient (Wildman–Crippen LogP) is 5.62. The highest BCUT2D eigenvalue weighted by Crippen LogP contribution is 2.37. The van der Waals surface area contributed by atoms with Crippen molar-refractivity contribution < 1.29 is 9.72 Å². The fourth-order valence-corrected chi connectivity index (χ4v) is 4.88. The van der Waals surface area contributed by atoms with Gasteiger partial charge in [-0.1, -0.05) is 42.8 Å². The van der Waals surface area contributed by atoms with E-state index in [1.165, 1.54) is 22.6 Å². The van der Waals surface area contributed by atoms with E-state index in [1.54, 1.807) is 6.07 Å². The average molecular weight is 508 g/mol. The van der Waals surface area contributed by atoms with Crippen molar-refractivity contribution in [2.45, 2.75) is 45.4 Å². The summed E-state index contributed by atoms with van der Waals surface area (Å²) in [6.07, 6.45) is 2.61. The summed E-state index contributed by atoms with van der Waals surface area (Å²) in [6, 6.07) is 9.50. The number of amides is 1. The first-order valence-corrected chi connectivity index (χ1v) is 11.5. The number of nitrogens with zero attached hydrogens (tertiary/aromatic N) is 3. The van der Waals surface area contributed by atoms with E-state index >= 15 is 0 Å². The lowest BCUT2D eigenvalue weighted by Gasteiger charge is -2.19. The molecule has 8 nitrogen and oxygen atoms in total. The third-order valence-electron chi connectivity index (χ3n) is 6.16. The molecule has 0 unspecified atom stereocenters. The smallest absolute Gasteiger partial charge is 0.294 e. The average Bonchev–Trinajstić information content (AvgIpc) is 3.28. The van der Waals surface area contributed by atoms with E-state index < -0.39 is 10.8 Å². The minimum atomic E-state index is -0.525. The third-order valence-corrected chi connectivity index (χ3v) is 6.62. The first-order valence-electron chi connectivity index (χ1n) is 10.7. The zero-order chi connectivity index (χ0) is 23.5. The molecule has 1 aromatic heterocycles. The Morgan fingerprint density at radius 1 is 1.12 bits per heavy atom. The van der Waals surface area contributed by atoms with E-state index in [2.05, 4.69) is 75.4 Å². The summed E-state index contributed by atoms with van der Waals surface area (Å²) in [7, 11) is 0. The Balaban J connectivity index is 1.60. The first-order chi connectivity index (χ1) is 15.6. The minimum absolute atomic E-state index is 0.0516. The number of aromatic amines is 1. The SMILES string of the molecule is CC(C)(C)c1ccc2[nH]c3c(c2c1)CCCC3=NN=C1C(=O)Nc2c1cc(Br)cc2[N+](=O)[O-]. The molecule has 168 valence electrons. The molecule has 0 saturated carbocycles. The normalized spacial score (nSPS) is 18.0. The van der Waals surface area contributed by atoms with E-state index in [0.29, 0.717) is 10.0 Å². The number of H-pyrrole nitrogens is 1. The highest BCUT2D eigenvalue weighted by Gasteiger charge is 2.33. The van der Waals surface area contributed by atoms with Crippen LogP contribution in [0, 0.1) is 10.1 Å². The number of nitro benzene ring substituents is 1. The molecule has 0 fully saturated rings. The van der Waals surface area contributed by atoms with Gasteiger partial charge in [0.1, 0.15) is 5.69 Å². The van der Waals surface area contributed by atoms with Gasteiger partial charge in [-0.2, -0.15) is 5.10 Å². The van der Waals surface area contributed by atoms with Gasteiger partial charge >= 0.3 is 0 Å². The minimum Gasteiger partial charge on any atom is -0.353 e. The molecule has 33 heavy (non-hydrogen) atoms. The number of aryl methyl sites for hydroxylation is 1. The molecule has 9 heteroatoms. The van der Waals surface area contributed by atoms with Gasteiger partial charge in [0, 0.05) is 27.0 Å². The van der Waals surface area contributed by atoms with Crippen LogP contribution in [0.2, 0.25) is 0 Å². The van der Waals surface area contributed by atoms with Crippen molar-refractivity contribution in [3.8, 4) is 0 Å². The van der Waals surface area contributed by atoms with Crippen LogP contribution in [0.25, 0.3) is 10.9 Å². The molecule has 1 amide bonds. The lowest BCUT2D eigenvalue weighted by atomic mass is 9.85. The maximum absolute atomic E-state index is 12.6. The fourth-order valence-electron chi connectivity index (χ4n) is 4.44. The molecule has 0 saturated heterocycles. The molecule has 1 aliphatic heterocycles. The van der Waals surface area contributed by atoms with Crippen molar-refractivity contribution in [2.75, 3.05) is 5.32 Å². The number of carbonyl (C=O) groups excluding carboxylic acids is 1. The van der Waals surface area contributed by atoms with Gasteiger partial charge in [-0.15, -0.1) is 5.10 Å². The molecule has 2 aromatic carbocycles. The summed E-state index contributed by atoms with van der Waals surface area (Å²) in [5, 5.41) is 23.9. The van der Waals surface area contributed by atoms with E-state index in [0.717, 1.165) is 36.2 Å². The Bertz CT molecular complexity index is 1410. The van der Waals surface area contributed by atoms with Crippen LogP contribution in [0.5, 0.6) is 0 Å². The van der Waals surface area contributed by atoms with Crippen LogP contribution in [0.1, 0.15) is 56.0 Å². The van der Waals surface area contributed by atoms with E-state index in [1.807, 2.05) is 0 Å². The number of rotatable bonds is 2. The van der Waals surface area contributed by atoms with E-state index in [9.17, 15) is 14.9 Å². The van der Waals surface area contributed by atoms with Crippen LogP contribution in [0.3, 0.4) is 0 Å². The lowest BCUT2D eigenvalue weighted by molar-refractivity contribution is -0.384. The highest BCUT2D eigenvalue weighted by molar-refractivity contribution is 9.10. The van der Waals surface area contributed by atoms with Crippen LogP contribution in [-0.2, 0) is 16.6 Å². The molecular weight excluding hydrogens is 486 g/mol. The Labute approximate surface area is 198 Å². The Kier molecular flexibility index (Phi) is 4.97. The number of carbonyl (C=O) groups is 1. The van der Waals surface area contributed by atoms with Crippen molar-refractivity contribution in [3.05, 3.63) is 67.3 Å². The van der Waals surface area contributed by atoms with Gasteiger partial charge in [-0.3, -0.25) is 14.9 Å². The maximum atomic E-state index is 12.6. The number of benzene rings is 2. The number of nitrogens with one attached hydrogen (secondary N) is 2. The molecule has 1 aliphatic carbocycles. The van der Waals surface area contributed by atoms with Crippen molar-refractivity contribution >= 4 is 55.5 Å². The Hall–Kier alpha value is -3.33. The summed E-state index contributed by atoms with van der Waals surface area (Å²) in [5.41, 5.74) is 5.73. The number of fused-ring (bicyclic) bond motifs is 4. The second-order valence-corrected chi connectivity index (χ2v) is 10.3.